The first-order valence-corrected chi connectivity index (χ1v) is 5.74. The smallest absolute Gasteiger partial charge is 0.310 e. The Kier molecular flexibility index (Phi) is 5.42. The SMILES string of the molecule is CN(C)CCCNC(C)(C)C(C)(C)C(=O)O. The van der Waals surface area contributed by atoms with Gasteiger partial charge in [-0.15, -0.1) is 0 Å². The molecule has 0 aliphatic heterocycles. The van der Waals surface area contributed by atoms with Crippen molar-refractivity contribution in [3.8, 4) is 0 Å². The van der Waals surface area contributed by atoms with E-state index in [9.17, 15) is 9.90 Å². The number of hydrogen-bond acceptors (Lipinski definition) is 3. The Balaban J connectivity index is 4.19. The van der Waals surface area contributed by atoms with Crippen molar-refractivity contribution in [3.05, 3.63) is 0 Å². The van der Waals surface area contributed by atoms with Crippen molar-refractivity contribution in [3.63, 3.8) is 0 Å². The summed E-state index contributed by atoms with van der Waals surface area (Å²) in [5.41, 5.74) is -1.18. The van der Waals surface area contributed by atoms with E-state index >= 15 is 0 Å². The highest BCUT2D eigenvalue weighted by Gasteiger charge is 2.42. The van der Waals surface area contributed by atoms with Gasteiger partial charge in [0.1, 0.15) is 0 Å². The number of carbonyl (C=O) groups is 1. The molecule has 0 heterocycles. The van der Waals surface area contributed by atoms with Crippen LogP contribution in [0.2, 0.25) is 0 Å². The molecule has 0 unspecified atom stereocenters. The highest BCUT2D eigenvalue weighted by atomic mass is 16.4. The van der Waals surface area contributed by atoms with Gasteiger partial charge in [0.15, 0.2) is 0 Å². The van der Waals surface area contributed by atoms with Gasteiger partial charge < -0.3 is 15.3 Å². The molecule has 96 valence electrons. The monoisotopic (exact) mass is 230 g/mol. The second-order valence-electron chi connectivity index (χ2n) is 5.64. The number of hydrogen-bond donors (Lipinski definition) is 2. The molecule has 0 rings (SSSR count). The highest BCUT2D eigenvalue weighted by Crippen LogP contribution is 2.30. The number of rotatable bonds is 7. The molecule has 0 saturated heterocycles. The van der Waals surface area contributed by atoms with Gasteiger partial charge in [0, 0.05) is 5.54 Å². The summed E-state index contributed by atoms with van der Waals surface area (Å²) in [7, 11) is 4.07. The minimum Gasteiger partial charge on any atom is -0.481 e. The summed E-state index contributed by atoms with van der Waals surface area (Å²) in [4.78, 5) is 13.3. The quantitative estimate of drug-likeness (QED) is 0.649. The van der Waals surface area contributed by atoms with Crippen LogP contribution in [0, 0.1) is 5.41 Å². The molecule has 0 aliphatic rings. The zero-order chi connectivity index (χ0) is 13.0. The highest BCUT2D eigenvalue weighted by molar-refractivity contribution is 5.75. The number of nitrogens with zero attached hydrogens (tertiary/aromatic N) is 1. The van der Waals surface area contributed by atoms with E-state index in [2.05, 4.69) is 10.2 Å². The third kappa shape index (κ3) is 4.10. The van der Waals surface area contributed by atoms with Crippen LogP contribution in [0.5, 0.6) is 0 Å². The van der Waals surface area contributed by atoms with E-state index in [0.717, 1.165) is 19.5 Å². The predicted molar refractivity (Wildman–Crippen MR) is 66.7 cm³/mol. The standard InChI is InChI=1S/C12H26N2O2/c1-11(2,10(15)16)12(3,4)13-8-7-9-14(5)6/h13H,7-9H2,1-6H3,(H,15,16). The Hall–Kier alpha value is -0.610. The molecule has 0 radical (unpaired) electrons. The molecule has 0 aliphatic carbocycles. The van der Waals surface area contributed by atoms with Crippen molar-refractivity contribution in [2.75, 3.05) is 27.2 Å². The van der Waals surface area contributed by atoms with Crippen LogP contribution in [0.1, 0.15) is 34.1 Å². The average molecular weight is 230 g/mol. The van der Waals surface area contributed by atoms with Crippen molar-refractivity contribution in [1.29, 1.82) is 0 Å². The van der Waals surface area contributed by atoms with Gasteiger partial charge in [-0.05, 0) is 61.3 Å². The predicted octanol–water partition coefficient (Wildman–Crippen LogP) is 1.42. The van der Waals surface area contributed by atoms with Crippen LogP contribution < -0.4 is 5.32 Å². The third-order valence-corrected chi connectivity index (χ3v) is 3.45. The zero-order valence-electron chi connectivity index (χ0n) is 11.4. The second-order valence-corrected chi connectivity index (χ2v) is 5.64. The van der Waals surface area contributed by atoms with Crippen molar-refractivity contribution < 1.29 is 9.90 Å². The molecular weight excluding hydrogens is 204 g/mol. The maximum absolute atomic E-state index is 11.2. The van der Waals surface area contributed by atoms with Crippen molar-refractivity contribution >= 4 is 5.97 Å². The zero-order valence-corrected chi connectivity index (χ0v) is 11.4. The van der Waals surface area contributed by atoms with Gasteiger partial charge in [0.25, 0.3) is 0 Å². The van der Waals surface area contributed by atoms with E-state index in [0.29, 0.717) is 0 Å². The number of aliphatic carboxylic acids is 1. The fourth-order valence-electron chi connectivity index (χ4n) is 1.28. The fraction of sp³-hybridized carbons (Fsp3) is 0.917. The molecule has 0 aromatic carbocycles. The van der Waals surface area contributed by atoms with Crippen LogP contribution in [0.15, 0.2) is 0 Å². The minimum atomic E-state index is -0.773. The Labute approximate surface area is 99.0 Å². The lowest BCUT2D eigenvalue weighted by atomic mass is 9.74. The van der Waals surface area contributed by atoms with E-state index in [1.807, 2.05) is 27.9 Å². The largest absolute Gasteiger partial charge is 0.481 e. The number of nitrogens with one attached hydrogen (secondary N) is 1. The summed E-state index contributed by atoms with van der Waals surface area (Å²) >= 11 is 0. The fourth-order valence-corrected chi connectivity index (χ4v) is 1.28. The van der Waals surface area contributed by atoms with Crippen LogP contribution >= 0.6 is 0 Å². The van der Waals surface area contributed by atoms with Crippen LogP contribution in [0.25, 0.3) is 0 Å². The van der Waals surface area contributed by atoms with Crippen LogP contribution in [-0.4, -0.2) is 48.7 Å². The van der Waals surface area contributed by atoms with Gasteiger partial charge in [0.05, 0.1) is 5.41 Å². The molecule has 4 nitrogen and oxygen atoms in total. The van der Waals surface area contributed by atoms with E-state index in [1.54, 1.807) is 13.8 Å². The summed E-state index contributed by atoms with van der Waals surface area (Å²) in [5.74, 6) is -0.766. The molecule has 2 N–H and O–H groups in total. The first kappa shape index (κ1) is 15.4. The van der Waals surface area contributed by atoms with Gasteiger partial charge in [-0.25, -0.2) is 0 Å². The Morgan fingerprint density at radius 1 is 1.25 bits per heavy atom. The molecule has 0 amide bonds. The topological polar surface area (TPSA) is 52.6 Å². The second kappa shape index (κ2) is 5.64. The summed E-state index contributed by atoms with van der Waals surface area (Å²) in [5, 5.41) is 12.5. The van der Waals surface area contributed by atoms with Crippen LogP contribution in [0.4, 0.5) is 0 Å². The maximum atomic E-state index is 11.2. The van der Waals surface area contributed by atoms with Gasteiger partial charge in [-0.2, -0.15) is 0 Å². The van der Waals surface area contributed by atoms with Crippen LogP contribution in [0.3, 0.4) is 0 Å². The van der Waals surface area contributed by atoms with Crippen molar-refractivity contribution in [2.45, 2.75) is 39.7 Å². The molecule has 16 heavy (non-hydrogen) atoms. The Morgan fingerprint density at radius 2 is 1.75 bits per heavy atom. The van der Waals surface area contributed by atoms with Crippen LogP contribution in [-0.2, 0) is 4.79 Å². The molecule has 4 heteroatoms. The summed E-state index contributed by atoms with van der Waals surface area (Å²) in [6, 6.07) is 0. The maximum Gasteiger partial charge on any atom is 0.310 e. The van der Waals surface area contributed by atoms with E-state index in [1.165, 1.54) is 0 Å². The van der Waals surface area contributed by atoms with Gasteiger partial charge in [-0.1, -0.05) is 0 Å². The van der Waals surface area contributed by atoms with Gasteiger partial charge in [0.2, 0.25) is 0 Å². The van der Waals surface area contributed by atoms with Gasteiger partial charge in [-0.3, -0.25) is 4.79 Å². The number of carboxylic acids is 1. The third-order valence-electron chi connectivity index (χ3n) is 3.45. The average Bonchev–Trinajstić information content (AvgIpc) is 2.11. The summed E-state index contributed by atoms with van der Waals surface area (Å²) < 4.78 is 0. The van der Waals surface area contributed by atoms with Crippen molar-refractivity contribution in [2.24, 2.45) is 5.41 Å². The minimum absolute atomic E-state index is 0.412. The molecule has 0 aromatic heterocycles. The first-order valence-electron chi connectivity index (χ1n) is 5.74. The normalized spacial score (nSPS) is 13.2. The summed E-state index contributed by atoms with van der Waals surface area (Å²) in [6.07, 6.45) is 1.02. The molecule has 0 atom stereocenters. The van der Waals surface area contributed by atoms with E-state index in [4.69, 9.17) is 0 Å². The molecule has 0 bridgehead atoms. The lowest BCUT2D eigenvalue weighted by Gasteiger charge is -2.39. The molecule has 0 aromatic rings. The number of carboxylic acid groups (broad SMARTS) is 1. The Morgan fingerprint density at radius 3 is 2.12 bits per heavy atom. The molecule has 0 spiro atoms. The first-order chi connectivity index (χ1) is 7.11. The lowest BCUT2D eigenvalue weighted by molar-refractivity contribution is -0.151. The van der Waals surface area contributed by atoms with Gasteiger partial charge >= 0.3 is 5.97 Å². The summed E-state index contributed by atoms with van der Waals surface area (Å²) in [6.45, 7) is 9.24. The molecule has 0 saturated carbocycles. The molecule has 0 fully saturated rings. The van der Waals surface area contributed by atoms with Crippen molar-refractivity contribution in [1.82, 2.24) is 10.2 Å². The van der Waals surface area contributed by atoms with E-state index < -0.39 is 16.9 Å². The van der Waals surface area contributed by atoms with E-state index in [-0.39, 0.29) is 0 Å². The molecular formula is C12H26N2O2. The lowest BCUT2D eigenvalue weighted by Crippen LogP contribution is -2.55. The Bertz CT molecular complexity index is 235.